The van der Waals surface area contributed by atoms with Crippen LogP contribution in [-0.4, -0.2) is 115 Å². The first kappa shape index (κ1) is 46.1. The highest BCUT2D eigenvalue weighted by Gasteiger charge is 2.79. The number of carbonyl (C=O) groups is 6. The van der Waals surface area contributed by atoms with E-state index in [1.807, 2.05) is 0 Å². The first-order valence-corrected chi connectivity index (χ1v) is 21.0. The third-order valence-electron chi connectivity index (χ3n) is 13.8. The molecular weight excluding hydrogens is 831 g/mol. The molecule has 3 fully saturated rings. The Morgan fingerprint density at radius 3 is 1.98 bits per heavy atom. The number of benzene rings is 3. The van der Waals surface area contributed by atoms with Gasteiger partial charge in [-0.15, -0.1) is 0 Å². The average molecular weight is 884 g/mol. The number of aliphatic hydroxyl groups excluding tert-OH is 1. The lowest BCUT2D eigenvalue weighted by atomic mass is 9.44. The average Bonchev–Trinajstić information content (AvgIpc) is 3.28. The number of fused-ring (bicyclic) bond motifs is 5. The van der Waals surface area contributed by atoms with Crippen molar-refractivity contribution in [2.45, 2.75) is 101 Å². The Kier molecular flexibility index (Phi) is 12.6. The molecule has 1 saturated heterocycles. The molecule has 3 aromatic rings. The van der Waals surface area contributed by atoms with Gasteiger partial charge in [-0.2, -0.15) is 0 Å². The highest BCUT2D eigenvalue weighted by atomic mass is 16.7. The van der Waals surface area contributed by atoms with E-state index < -0.39 is 113 Å². The van der Waals surface area contributed by atoms with Crippen molar-refractivity contribution in [1.29, 1.82) is 0 Å². The highest BCUT2D eigenvalue weighted by molar-refractivity contribution is 5.96. The number of hydrogen-bond acceptors (Lipinski definition) is 15. The molecule has 3 aromatic carbocycles. The van der Waals surface area contributed by atoms with Crippen molar-refractivity contribution in [1.82, 2.24) is 5.32 Å². The Balaban J connectivity index is 1.39. The van der Waals surface area contributed by atoms with E-state index in [1.54, 1.807) is 99.6 Å². The minimum Gasteiger partial charge on any atom is -0.456 e. The van der Waals surface area contributed by atoms with Crippen molar-refractivity contribution in [2.24, 2.45) is 16.7 Å². The Labute approximate surface area is 370 Å². The quantitative estimate of drug-likeness (QED) is 0.136. The van der Waals surface area contributed by atoms with Crippen LogP contribution in [0, 0.1) is 16.7 Å². The van der Waals surface area contributed by atoms with E-state index in [1.165, 1.54) is 33.1 Å². The lowest BCUT2D eigenvalue weighted by Gasteiger charge is -2.67. The van der Waals surface area contributed by atoms with Gasteiger partial charge in [-0.05, 0) is 54.8 Å². The Hall–Kier alpha value is -5.94. The molecule has 64 heavy (non-hydrogen) atoms. The molecule has 1 amide bonds. The molecule has 1 heterocycles. The van der Waals surface area contributed by atoms with E-state index >= 15 is 4.79 Å². The lowest BCUT2D eigenvalue weighted by molar-refractivity contribution is -0.346. The lowest BCUT2D eigenvalue weighted by Crippen LogP contribution is -2.82. The van der Waals surface area contributed by atoms with Crippen LogP contribution in [0.5, 0.6) is 0 Å². The van der Waals surface area contributed by atoms with E-state index in [4.69, 9.17) is 33.2 Å². The number of methoxy groups -OCH3 is 2. The SMILES string of the molecule is COC(=O)O[C@H]1C[C@H]2OC[C@@]2(OC(C)=O)[C@H]2[C@H](OC(=O)c3ccccc3)[C@]3(O)C[C@H](OC(=O)[C@H](O)[C@@H](NC(=O)c4ccccc4)c4ccccc4)C(C)=C([C@@H](OC)C(=O)[C@]12C)C3(C)C. The van der Waals surface area contributed by atoms with Gasteiger partial charge in [0.25, 0.3) is 5.91 Å². The molecule has 0 aromatic heterocycles. The maximum absolute atomic E-state index is 15.7. The number of nitrogens with one attached hydrogen (secondary N) is 1. The van der Waals surface area contributed by atoms with Crippen molar-refractivity contribution in [2.75, 3.05) is 20.8 Å². The van der Waals surface area contributed by atoms with Gasteiger partial charge < -0.3 is 48.7 Å². The van der Waals surface area contributed by atoms with Gasteiger partial charge in [0.15, 0.2) is 17.5 Å². The second kappa shape index (κ2) is 17.6. The summed E-state index contributed by atoms with van der Waals surface area (Å²) in [5.41, 5.74) is -6.48. The summed E-state index contributed by atoms with van der Waals surface area (Å²) in [5, 5.41) is 28.4. The minimum atomic E-state index is -2.34. The van der Waals surface area contributed by atoms with Crippen molar-refractivity contribution in [3.63, 3.8) is 0 Å². The number of Topliss-reactive ketones (excluding diaryl/α,β-unsaturated/α-hetero) is 1. The number of aliphatic hydroxyl groups is 2. The second-order valence-electron chi connectivity index (χ2n) is 17.5. The standard InChI is InChI=1S/C48H53NO15/c1-26-31(61-43(55)36(51)35(28-17-11-8-12-18-28)49-41(53)29-19-13-9-14-20-29)24-48(57)40(63-42(54)30-21-15-10-16-22-30)38-46(5,39(52)37(58-6)34(26)45(48,3)4)32(62-44(56)59-7)23-33-47(38,25-60-33)64-27(2)50/h8-22,31-33,35-38,40,51,57H,23-25H2,1-7H3,(H,49,53)/t31-,32-,33+,35-,36+,37+,38-,40-,46+,47-,48+/m0/s1. The highest BCUT2D eigenvalue weighted by Crippen LogP contribution is 2.65. The van der Waals surface area contributed by atoms with Gasteiger partial charge >= 0.3 is 24.1 Å². The summed E-state index contributed by atoms with van der Waals surface area (Å²) in [7, 11) is 2.37. The van der Waals surface area contributed by atoms with Gasteiger partial charge in [-0.25, -0.2) is 14.4 Å². The number of rotatable bonds is 11. The summed E-state index contributed by atoms with van der Waals surface area (Å²) in [6.07, 6.45) is -11.0. The van der Waals surface area contributed by atoms with Gasteiger partial charge in [-0.3, -0.25) is 14.4 Å². The molecule has 7 rings (SSSR count). The molecule has 2 saturated carbocycles. The molecule has 340 valence electrons. The normalized spacial score (nSPS) is 31.2. The van der Waals surface area contributed by atoms with Crippen LogP contribution in [0.1, 0.15) is 79.8 Å². The van der Waals surface area contributed by atoms with Gasteiger partial charge in [-0.1, -0.05) is 80.6 Å². The molecule has 16 heteroatoms. The van der Waals surface area contributed by atoms with E-state index in [2.05, 4.69) is 5.32 Å². The van der Waals surface area contributed by atoms with Crippen LogP contribution < -0.4 is 5.32 Å². The van der Waals surface area contributed by atoms with E-state index in [9.17, 15) is 34.2 Å². The number of ether oxygens (including phenoxy) is 7. The van der Waals surface area contributed by atoms with Crippen molar-refractivity contribution >= 4 is 35.8 Å². The number of carbonyl (C=O) groups excluding carboxylic acids is 6. The van der Waals surface area contributed by atoms with Crippen LogP contribution in [0.15, 0.2) is 102 Å². The van der Waals surface area contributed by atoms with Crippen LogP contribution in [-0.2, 0) is 47.5 Å². The zero-order valence-corrected chi connectivity index (χ0v) is 36.6. The largest absolute Gasteiger partial charge is 0.508 e. The molecular formula is C48H53NO15. The van der Waals surface area contributed by atoms with Gasteiger partial charge in [0.1, 0.15) is 36.1 Å². The minimum absolute atomic E-state index is 0.0771. The maximum atomic E-state index is 15.7. The molecule has 1 aliphatic heterocycles. The van der Waals surface area contributed by atoms with E-state index in [0.717, 1.165) is 7.11 Å². The van der Waals surface area contributed by atoms with Crippen LogP contribution in [0.4, 0.5) is 4.79 Å². The van der Waals surface area contributed by atoms with Crippen molar-refractivity contribution < 1.29 is 72.1 Å². The number of esters is 3. The summed E-state index contributed by atoms with van der Waals surface area (Å²) < 4.78 is 41.6. The van der Waals surface area contributed by atoms with E-state index in [0.29, 0.717) is 5.56 Å². The second-order valence-corrected chi connectivity index (χ2v) is 17.5. The molecule has 0 spiro atoms. The van der Waals surface area contributed by atoms with Crippen molar-refractivity contribution in [3.05, 3.63) is 119 Å². The molecule has 0 radical (unpaired) electrons. The summed E-state index contributed by atoms with van der Waals surface area (Å²) in [4.78, 5) is 84.0. The Bertz CT molecular complexity index is 2320. The smallest absolute Gasteiger partial charge is 0.456 e. The Morgan fingerprint density at radius 1 is 0.844 bits per heavy atom. The topological polar surface area (TPSA) is 220 Å². The monoisotopic (exact) mass is 883 g/mol. The van der Waals surface area contributed by atoms with Crippen LogP contribution in [0.2, 0.25) is 0 Å². The number of amides is 1. The zero-order chi connectivity index (χ0) is 46.4. The van der Waals surface area contributed by atoms with Crippen LogP contribution in [0.3, 0.4) is 0 Å². The van der Waals surface area contributed by atoms with Gasteiger partial charge in [0, 0.05) is 37.9 Å². The third kappa shape index (κ3) is 7.65. The van der Waals surface area contributed by atoms with Crippen LogP contribution in [0.25, 0.3) is 0 Å². The maximum Gasteiger partial charge on any atom is 0.508 e. The fraction of sp³-hybridized carbons (Fsp3) is 0.458. The summed E-state index contributed by atoms with van der Waals surface area (Å²) in [5.74, 6) is -5.68. The van der Waals surface area contributed by atoms with Crippen molar-refractivity contribution in [3.8, 4) is 0 Å². The number of hydrogen-bond donors (Lipinski definition) is 3. The fourth-order valence-electron chi connectivity index (χ4n) is 10.4. The fourth-order valence-corrected chi connectivity index (χ4v) is 10.4. The zero-order valence-electron chi connectivity index (χ0n) is 36.6. The van der Waals surface area contributed by atoms with E-state index in [-0.39, 0.29) is 35.3 Å². The molecule has 2 bridgehead atoms. The molecule has 3 N–H and O–H groups in total. The molecule has 0 unspecified atom stereocenters. The summed E-state index contributed by atoms with van der Waals surface area (Å²) in [6.45, 7) is 7.21. The molecule has 16 nitrogen and oxygen atoms in total. The predicted octanol–water partition coefficient (Wildman–Crippen LogP) is 4.61. The first-order valence-electron chi connectivity index (χ1n) is 21.0. The third-order valence-corrected chi connectivity index (χ3v) is 13.8. The molecule has 11 atom stereocenters. The summed E-state index contributed by atoms with van der Waals surface area (Å²) in [6, 6.07) is 23.1. The Morgan fingerprint density at radius 2 is 1.44 bits per heavy atom. The molecule has 3 aliphatic carbocycles. The predicted molar refractivity (Wildman–Crippen MR) is 224 cm³/mol. The van der Waals surface area contributed by atoms with Gasteiger partial charge in [0.05, 0.1) is 36.7 Å². The van der Waals surface area contributed by atoms with Gasteiger partial charge in [0.2, 0.25) is 0 Å². The van der Waals surface area contributed by atoms with Crippen LogP contribution >= 0.6 is 0 Å². The molecule has 4 aliphatic rings. The summed E-state index contributed by atoms with van der Waals surface area (Å²) >= 11 is 0. The first-order chi connectivity index (χ1) is 30.3. The number of ketones is 1.